The van der Waals surface area contributed by atoms with E-state index in [-0.39, 0.29) is 5.91 Å². The minimum Gasteiger partial charge on any atom is -0.495 e. The fourth-order valence-corrected chi connectivity index (χ4v) is 3.75. The summed E-state index contributed by atoms with van der Waals surface area (Å²) in [5.74, 6) is 1.03. The summed E-state index contributed by atoms with van der Waals surface area (Å²) in [5, 5.41) is 0. The Bertz CT molecular complexity index is 547. The largest absolute Gasteiger partial charge is 0.495 e. The van der Waals surface area contributed by atoms with Crippen molar-refractivity contribution < 1.29 is 9.53 Å². The summed E-state index contributed by atoms with van der Waals surface area (Å²) in [6.45, 7) is 3.11. The second-order valence-corrected chi connectivity index (χ2v) is 6.67. The Kier molecular flexibility index (Phi) is 4.76. The van der Waals surface area contributed by atoms with E-state index < -0.39 is 5.54 Å². The maximum Gasteiger partial charge on any atom is 0.242 e. The van der Waals surface area contributed by atoms with Gasteiger partial charge in [-0.3, -0.25) is 4.79 Å². The molecular weight excluding hydrogens is 290 g/mol. The number of anilines is 1. The second kappa shape index (κ2) is 6.79. The zero-order valence-electron chi connectivity index (χ0n) is 14.0. The maximum atomic E-state index is 12.8. The van der Waals surface area contributed by atoms with Crippen LogP contribution < -0.4 is 15.4 Å². The highest BCUT2D eigenvalue weighted by molar-refractivity contribution is 5.86. The topological polar surface area (TPSA) is 58.8 Å². The maximum absolute atomic E-state index is 12.8. The van der Waals surface area contributed by atoms with E-state index in [4.69, 9.17) is 10.5 Å². The van der Waals surface area contributed by atoms with Crippen molar-refractivity contribution in [3.63, 3.8) is 0 Å². The Morgan fingerprint density at radius 2 is 1.74 bits per heavy atom. The molecule has 1 amide bonds. The van der Waals surface area contributed by atoms with Crippen molar-refractivity contribution in [3.05, 3.63) is 24.3 Å². The third kappa shape index (κ3) is 3.29. The first-order valence-electron chi connectivity index (χ1n) is 8.60. The highest BCUT2D eigenvalue weighted by atomic mass is 16.5. The predicted octanol–water partition coefficient (Wildman–Crippen LogP) is 2.01. The van der Waals surface area contributed by atoms with Crippen molar-refractivity contribution in [1.82, 2.24) is 4.90 Å². The lowest BCUT2D eigenvalue weighted by Gasteiger charge is -2.41. The van der Waals surface area contributed by atoms with E-state index in [9.17, 15) is 4.79 Å². The molecule has 1 heterocycles. The normalized spacial score (nSPS) is 21.1. The number of hydrogen-bond acceptors (Lipinski definition) is 4. The summed E-state index contributed by atoms with van der Waals surface area (Å²) in [6.07, 6.45) is 5.01. The average Bonchev–Trinajstić information content (AvgIpc) is 2.62. The highest BCUT2D eigenvalue weighted by Gasteiger charge is 2.39. The Morgan fingerprint density at radius 3 is 2.39 bits per heavy atom. The number of methoxy groups -OCH3 is 1. The van der Waals surface area contributed by atoms with Gasteiger partial charge in [-0.1, -0.05) is 31.4 Å². The van der Waals surface area contributed by atoms with Crippen molar-refractivity contribution >= 4 is 11.6 Å². The molecule has 23 heavy (non-hydrogen) atoms. The van der Waals surface area contributed by atoms with Crippen LogP contribution in [0.15, 0.2) is 24.3 Å². The van der Waals surface area contributed by atoms with E-state index in [1.807, 2.05) is 23.1 Å². The standard InChI is InChI=1S/C18H27N3O2/c1-23-16-8-4-3-7-15(16)20-11-13-21(14-12-20)17(22)18(19)9-5-2-6-10-18/h3-4,7-8H,2,5-6,9-14,19H2,1H3. The highest BCUT2D eigenvalue weighted by Crippen LogP contribution is 2.30. The SMILES string of the molecule is COc1ccccc1N1CCN(C(=O)C2(N)CCCCC2)CC1. The van der Waals surface area contributed by atoms with E-state index in [1.54, 1.807) is 7.11 Å². The zero-order chi connectivity index (χ0) is 16.3. The number of ether oxygens (including phenoxy) is 1. The van der Waals surface area contributed by atoms with Gasteiger partial charge >= 0.3 is 0 Å². The molecule has 3 rings (SSSR count). The summed E-state index contributed by atoms with van der Waals surface area (Å²) in [5.41, 5.74) is 6.88. The van der Waals surface area contributed by atoms with Gasteiger partial charge in [0.25, 0.3) is 0 Å². The van der Waals surface area contributed by atoms with Crippen molar-refractivity contribution in [2.24, 2.45) is 5.73 Å². The summed E-state index contributed by atoms with van der Waals surface area (Å²) < 4.78 is 5.44. The Labute approximate surface area is 138 Å². The number of nitrogens with two attached hydrogens (primary N) is 1. The molecule has 0 atom stereocenters. The minimum absolute atomic E-state index is 0.150. The van der Waals surface area contributed by atoms with Crippen molar-refractivity contribution in [2.75, 3.05) is 38.2 Å². The van der Waals surface area contributed by atoms with Gasteiger partial charge in [0.2, 0.25) is 5.91 Å². The summed E-state index contributed by atoms with van der Waals surface area (Å²) >= 11 is 0. The number of carbonyl (C=O) groups excluding carboxylic acids is 1. The van der Waals surface area contributed by atoms with E-state index in [0.717, 1.165) is 63.3 Å². The van der Waals surface area contributed by atoms with Gasteiger partial charge in [0.1, 0.15) is 5.75 Å². The first-order valence-corrected chi connectivity index (χ1v) is 8.60. The monoisotopic (exact) mass is 317 g/mol. The summed E-state index contributed by atoms with van der Waals surface area (Å²) in [4.78, 5) is 17.0. The quantitative estimate of drug-likeness (QED) is 0.926. The predicted molar refractivity (Wildman–Crippen MR) is 91.8 cm³/mol. The molecule has 2 N–H and O–H groups in total. The number of benzene rings is 1. The molecule has 5 nitrogen and oxygen atoms in total. The number of hydrogen-bond donors (Lipinski definition) is 1. The number of amides is 1. The molecule has 0 radical (unpaired) electrons. The molecule has 2 fully saturated rings. The van der Waals surface area contributed by atoms with Crippen molar-refractivity contribution in [3.8, 4) is 5.75 Å². The third-order valence-electron chi connectivity index (χ3n) is 5.16. The van der Waals surface area contributed by atoms with Crippen LogP contribution in [0.5, 0.6) is 5.75 Å². The molecule has 1 aliphatic carbocycles. The van der Waals surface area contributed by atoms with E-state index in [0.29, 0.717) is 0 Å². The van der Waals surface area contributed by atoms with E-state index >= 15 is 0 Å². The molecule has 0 bridgehead atoms. The van der Waals surface area contributed by atoms with Crippen LogP contribution in [0.25, 0.3) is 0 Å². The lowest BCUT2D eigenvalue weighted by Crippen LogP contribution is -2.60. The first-order chi connectivity index (χ1) is 11.1. The molecule has 1 saturated heterocycles. The van der Waals surface area contributed by atoms with Gasteiger partial charge in [-0.05, 0) is 25.0 Å². The fourth-order valence-electron chi connectivity index (χ4n) is 3.75. The van der Waals surface area contributed by atoms with Crippen LogP contribution in [-0.4, -0.2) is 49.6 Å². The number of para-hydroxylation sites is 2. The van der Waals surface area contributed by atoms with Gasteiger partial charge in [-0.25, -0.2) is 0 Å². The molecule has 5 heteroatoms. The van der Waals surface area contributed by atoms with Gasteiger partial charge in [0, 0.05) is 26.2 Å². The van der Waals surface area contributed by atoms with Crippen LogP contribution in [0.4, 0.5) is 5.69 Å². The molecule has 0 unspecified atom stereocenters. The average molecular weight is 317 g/mol. The van der Waals surface area contributed by atoms with E-state index in [2.05, 4.69) is 11.0 Å². The summed E-state index contributed by atoms with van der Waals surface area (Å²) in [7, 11) is 1.69. The molecular formula is C18H27N3O2. The minimum atomic E-state index is -0.620. The third-order valence-corrected chi connectivity index (χ3v) is 5.16. The molecule has 1 aromatic carbocycles. The lowest BCUT2D eigenvalue weighted by atomic mass is 9.81. The van der Waals surface area contributed by atoms with Gasteiger partial charge < -0.3 is 20.3 Å². The lowest BCUT2D eigenvalue weighted by molar-refractivity contribution is -0.138. The molecule has 1 aromatic rings. The van der Waals surface area contributed by atoms with Gasteiger partial charge in [-0.15, -0.1) is 0 Å². The smallest absolute Gasteiger partial charge is 0.242 e. The van der Waals surface area contributed by atoms with Crippen LogP contribution in [0.1, 0.15) is 32.1 Å². The van der Waals surface area contributed by atoms with Crippen molar-refractivity contribution in [1.29, 1.82) is 0 Å². The zero-order valence-corrected chi connectivity index (χ0v) is 14.0. The Balaban J connectivity index is 1.63. The second-order valence-electron chi connectivity index (χ2n) is 6.67. The van der Waals surface area contributed by atoms with Crippen molar-refractivity contribution in [2.45, 2.75) is 37.6 Å². The Hall–Kier alpha value is -1.75. The van der Waals surface area contributed by atoms with E-state index in [1.165, 1.54) is 6.42 Å². The van der Waals surface area contributed by atoms with Gasteiger partial charge in [-0.2, -0.15) is 0 Å². The molecule has 0 aromatic heterocycles. The Morgan fingerprint density at radius 1 is 1.09 bits per heavy atom. The molecule has 1 saturated carbocycles. The number of piperazine rings is 1. The first kappa shape index (κ1) is 16.1. The van der Waals surface area contributed by atoms with Crippen LogP contribution in [0, 0.1) is 0 Å². The van der Waals surface area contributed by atoms with Crippen LogP contribution in [0.2, 0.25) is 0 Å². The van der Waals surface area contributed by atoms with Gasteiger partial charge in [0.15, 0.2) is 0 Å². The molecule has 126 valence electrons. The fraction of sp³-hybridized carbons (Fsp3) is 0.611. The van der Waals surface area contributed by atoms with Crippen LogP contribution in [0.3, 0.4) is 0 Å². The molecule has 1 aliphatic heterocycles. The number of rotatable bonds is 3. The van der Waals surface area contributed by atoms with Crippen LogP contribution >= 0.6 is 0 Å². The molecule has 2 aliphatic rings. The molecule has 0 spiro atoms. The van der Waals surface area contributed by atoms with Gasteiger partial charge in [0.05, 0.1) is 18.3 Å². The number of nitrogens with zero attached hydrogens (tertiary/aromatic N) is 2. The number of carbonyl (C=O) groups is 1. The van der Waals surface area contributed by atoms with Crippen LogP contribution in [-0.2, 0) is 4.79 Å². The summed E-state index contributed by atoms with van der Waals surface area (Å²) in [6, 6.07) is 8.04.